The topological polar surface area (TPSA) is 139 Å². The van der Waals surface area contributed by atoms with E-state index in [0.29, 0.717) is 6.10 Å². The number of hydrogen-bond donors (Lipinski definition) is 1. The van der Waals surface area contributed by atoms with Crippen molar-refractivity contribution in [3.05, 3.63) is 94.2 Å². The molecule has 0 heterocycles. The number of rotatable bonds is 14. The maximum absolute atomic E-state index is 8.85. The molecule has 1 fully saturated rings. The summed E-state index contributed by atoms with van der Waals surface area (Å²) in [7, 11) is -4.42. The van der Waals surface area contributed by atoms with Gasteiger partial charge in [-0.2, -0.15) is 0 Å². The summed E-state index contributed by atoms with van der Waals surface area (Å²) in [5.74, 6) is 1.56. The minimum atomic E-state index is -4.42. The Morgan fingerprint density at radius 1 is 0.762 bits per heavy atom. The van der Waals surface area contributed by atoms with Crippen molar-refractivity contribution in [1.82, 2.24) is 0 Å². The van der Waals surface area contributed by atoms with Crippen LogP contribution in [0.2, 0.25) is 0 Å². The molecule has 234 valence electrons. The largest absolute Gasteiger partial charge is 0.736 e. The van der Waals surface area contributed by atoms with E-state index in [9.17, 15) is 0 Å². The lowest BCUT2D eigenvalue weighted by atomic mass is 9.98. The summed E-state index contributed by atoms with van der Waals surface area (Å²) >= 11 is -0.259. The van der Waals surface area contributed by atoms with Gasteiger partial charge in [-0.25, -0.2) is 13.6 Å². The quantitative estimate of drug-likeness (QED) is 0.135. The molecule has 1 saturated carbocycles. The molecule has 2 aromatic rings. The van der Waals surface area contributed by atoms with Gasteiger partial charge in [0.05, 0.1) is 24.9 Å². The third-order valence-electron chi connectivity index (χ3n) is 5.25. The molecule has 0 aromatic heterocycles. The summed E-state index contributed by atoms with van der Waals surface area (Å²) < 4.78 is 61.4. The van der Waals surface area contributed by atoms with E-state index >= 15 is 0 Å². The predicted octanol–water partition coefficient (Wildman–Crippen LogP) is 2.83. The van der Waals surface area contributed by atoms with Gasteiger partial charge in [0.25, 0.3) is 0 Å². The Bertz CT molecular complexity index is 1070. The Kier molecular flexibility index (Phi) is 18.6. The van der Waals surface area contributed by atoms with E-state index in [-0.39, 0.29) is 40.1 Å². The minimum absolute atomic E-state index is 0.134. The third kappa shape index (κ3) is 19.4. The van der Waals surface area contributed by atoms with Crippen LogP contribution in [-0.2, 0) is 29.3 Å². The summed E-state index contributed by atoms with van der Waals surface area (Å²) in [5.41, 5.74) is 0. The molecule has 1 aliphatic carbocycles. The first-order chi connectivity index (χ1) is 19.9. The highest BCUT2D eigenvalue weighted by Gasteiger charge is 2.17. The third-order valence-corrected chi connectivity index (χ3v) is 7.93. The predicted molar refractivity (Wildman–Crippen MR) is 156 cm³/mol. The molecule has 10 nitrogen and oxygen atoms in total. The highest BCUT2D eigenvalue weighted by Crippen LogP contribution is 2.21. The van der Waals surface area contributed by atoms with E-state index in [1.807, 2.05) is 45.0 Å². The van der Waals surface area contributed by atoms with Gasteiger partial charge in [-0.3, -0.25) is 0 Å². The van der Waals surface area contributed by atoms with Crippen molar-refractivity contribution in [3.8, 4) is 11.5 Å². The van der Waals surface area contributed by atoms with E-state index in [1.54, 1.807) is 0 Å². The minimum Gasteiger partial charge on any atom is -0.736 e. The maximum atomic E-state index is 8.85. The van der Waals surface area contributed by atoms with Crippen molar-refractivity contribution in [2.24, 2.45) is 5.14 Å². The average Bonchev–Trinajstić information content (AvgIpc) is 2.91. The molecular weight excluding hydrogens is 677 g/mol. The van der Waals surface area contributed by atoms with Crippen molar-refractivity contribution >= 4 is 10.3 Å². The molecule has 3 rings (SSSR count). The van der Waals surface area contributed by atoms with E-state index in [2.05, 4.69) is 49.1 Å². The molecule has 0 spiro atoms. The first-order valence-corrected chi connectivity index (χ1v) is 16.9. The van der Waals surface area contributed by atoms with Gasteiger partial charge in [0.1, 0.15) is 11.5 Å². The SMILES string of the molecule is C=COC(C)OC1CCCCC1.C=COC(C)Oc1ccc([I+]c2ccc(OC(C)OC=C)cc2)cc1.NS(=O)(=O)[O-]. The van der Waals surface area contributed by atoms with Crippen molar-refractivity contribution < 1.29 is 62.6 Å². The fourth-order valence-electron chi connectivity index (χ4n) is 3.63. The highest BCUT2D eigenvalue weighted by atomic mass is 127. The van der Waals surface area contributed by atoms with Gasteiger partial charge in [-0.15, -0.1) is 0 Å². The van der Waals surface area contributed by atoms with E-state index < -0.39 is 10.3 Å². The maximum Gasteiger partial charge on any atom is 0.357 e. The summed E-state index contributed by atoms with van der Waals surface area (Å²) in [5, 5.41) is 3.77. The highest BCUT2D eigenvalue weighted by molar-refractivity contribution is 7.83. The van der Waals surface area contributed by atoms with Crippen LogP contribution in [0.5, 0.6) is 11.5 Å². The number of hydrogen-bond acceptors (Lipinski definition) is 9. The average molecular weight is 720 g/mol. The van der Waals surface area contributed by atoms with Gasteiger partial charge in [0.15, 0.2) is 23.7 Å². The van der Waals surface area contributed by atoms with Crippen LogP contribution in [0.1, 0.15) is 52.9 Å². The van der Waals surface area contributed by atoms with Gasteiger partial charge in [0.2, 0.25) is 12.6 Å². The zero-order chi connectivity index (χ0) is 31.4. The zero-order valence-electron chi connectivity index (χ0n) is 24.4. The molecule has 3 unspecified atom stereocenters. The zero-order valence-corrected chi connectivity index (χ0v) is 27.3. The second-order valence-corrected chi connectivity index (χ2v) is 12.8. The lowest BCUT2D eigenvalue weighted by Gasteiger charge is -2.24. The van der Waals surface area contributed by atoms with Crippen LogP contribution >= 0.6 is 0 Å². The molecule has 0 aliphatic heterocycles. The molecular formula is C30H42INO9S. The molecule has 12 heteroatoms. The summed E-state index contributed by atoms with van der Waals surface area (Å²) in [4.78, 5) is 0. The standard InChI is InChI=1S/C20H22IO4.C10H18O2.H3NO3S/c1-5-22-15(3)24-19-11-7-17(8-12-19)21-18-9-13-20(14-10-18)25-16(4)23-6-2;1-3-11-9(2)12-10-7-5-4-6-8-10;1-5(2,3)4/h5-16H,1-2H2,3-4H3;3,9-10H,1,4-8H2,2H3;(H3,1,2,3,4)/q+1;;/p-1. The Hall–Kier alpha value is -2.78. The molecule has 42 heavy (non-hydrogen) atoms. The van der Waals surface area contributed by atoms with Gasteiger partial charge < -0.3 is 33.0 Å². The Morgan fingerprint density at radius 2 is 1.12 bits per heavy atom. The van der Waals surface area contributed by atoms with Crippen LogP contribution in [0.4, 0.5) is 0 Å². The smallest absolute Gasteiger partial charge is 0.357 e. The molecule has 0 bridgehead atoms. The normalized spacial score (nSPS) is 15.1. The van der Waals surface area contributed by atoms with Crippen molar-refractivity contribution in [1.29, 1.82) is 0 Å². The van der Waals surface area contributed by atoms with Crippen LogP contribution in [0.25, 0.3) is 0 Å². The van der Waals surface area contributed by atoms with Gasteiger partial charge in [0, 0.05) is 13.8 Å². The Balaban J connectivity index is 0.000000428. The molecule has 1 aliphatic rings. The monoisotopic (exact) mass is 719 g/mol. The lowest BCUT2D eigenvalue weighted by molar-refractivity contribution is -0.597. The molecule has 2 N–H and O–H groups in total. The van der Waals surface area contributed by atoms with E-state index in [4.69, 9.17) is 41.4 Å². The van der Waals surface area contributed by atoms with Crippen LogP contribution in [-0.4, -0.2) is 37.9 Å². The number of halogens is 1. The summed E-state index contributed by atoms with van der Waals surface area (Å²) in [6.07, 6.45) is 10.1. The second kappa shape index (κ2) is 21.0. The van der Waals surface area contributed by atoms with Crippen LogP contribution in [0, 0.1) is 7.14 Å². The van der Waals surface area contributed by atoms with Crippen LogP contribution < -0.4 is 35.8 Å². The number of ether oxygens (including phenoxy) is 6. The molecule has 0 saturated heterocycles. The van der Waals surface area contributed by atoms with Gasteiger partial charge in [-0.1, -0.05) is 39.0 Å². The van der Waals surface area contributed by atoms with Gasteiger partial charge >= 0.3 is 21.2 Å². The molecule has 3 atom stereocenters. The fourth-order valence-corrected chi connectivity index (χ4v) is 5.79. The first kappa shape index (κ1) is 37.2. The second-order valence-electron chi connectivity index (χ2n) is 8.74. The van der Waals surface area contributed by atoms with Crippen molar-refractivity contribution in [2.45, 2.75) is 77.8 Å². The van der Waals surface area contributed by atoms with Crippen molar-refractivity contribution in [3.63, 3.8) is 0 Å². The Morgan fingerprint density at radius 3 is 1.48 bits per heavy atom. The molecule has 0 amide bonds. The summed E-state index contributed by atoms with van der Waals surface area (Å²) in [6, 6.07) is 16.2. The Labute approximate surface area is 260 Å². The van der Waals surface area contributed by atoms with Crippen LogP contribution in [0.3, 0.4) is 0 Å². The van der Waals surface area contributed by atoms with E-state index in [0.717, 1.165) is 11.5 Å². The molecule has 2 aromatic carbocycles. The summed E-state index contributed by atoms with van der Waals surface area (Å²) in [6.45, 7) is 16.1. The molecule has 0 radical (unpaired) electrons. The number of benzene rings is 2. The fraction of sp³-hybridized carbons (Fsp3) is 0.400. The first-order valence-electron chi connectivity index (χ1n) is 13.3. The van der Waals surface area contributed by atoms with E-state index in [1.165, 1.54) is 58.0 Å². The van der Waals surface area contributed by atoms with Crippen molar-refractivity contribution in [2.75, 3.05) is 0 Å². The number of nitrogens with two attached hydrogens (primary N) is 1. The lowest BCUT2D eigenvalue weighted by Crippen LogP contribution is -3.61. The van der Waals surface area contributed by atoms with Crippen LogP contribution in [0.15, 0.2) is 87.1 Å². The van der Waals surface area contributed by atoms with Gasteiger partial charge in [-0.05, 0) is 68.3 Å².